The van der Waals surface area contributed by atoms with E-state index < -0.39 is 0 Å². The van der Waals surface area contributed by atoms with Crippen LogP contribution in [0.4, 0.5) is 11.5 Å². The zero-order valence-corrected chi connectivity index (χ0v) is 14.5. The van der Waals surface area contributed by atoms with Crippen molar-refractivity contribution in [2.75, 3.05) is 36.4 Å². The molecule has 2 heterocycles. The highest BCUT2D eigenvalue weighted by Crippen LogP contribution is 2.17. The fourth-order valence-electron chi connectivity index (χ4n) is 2.89. The van der Waals surface area contributed by atoms with E-state index in [0.717, 1.165) is 24.5 Å². The Kier molecular flexibility index (Phi) is 4.97. The molecule has 0 bridgehead atoms. The topological polar surface area (TPSA) is 65.5 Å². The van der Waals surface area contributed by atoms with E-state index in [1.54, 1.807) is 19.2 Å². The number of carbonyl (C=O) groups excluding carboxylic acids is 2. The van der Waals surface area contributed by atoms with Crippen LogP contribution in [0.5, 0.6) is 0 Å². The molecule has 1 aromatic heterocycles. The van der Waals surface area contributed by atoms with Crippen molar-refractivity contribution in [2.24, 2.45) is 0 Å². The van der Waals surface area contributed by atoms with Crippen LogP contribution in [0.2, 0.25) is 0 Å². The third-order valence-corrected chi connectivity index (χ3v) is 4.33. The van der Waals surface area contributed by atoms with E-state index in [4.69, 9.17) is 0 Å². The lowest BCUT2D eigenvalue weighted by Gasteiger charge is -2.34. The van der Waals surface area contributed by atoms with Gasteiger partial charge in [-0.25, -0.2) is 4.98 Å². The molecule has 2 amide bonds. The summed E-state index contributed by atoms with van der Waals surface area (Å²) in [7, 11) is 0. The molecule has 2 aromatic rings. The van der Waals surface area contributed by atoms with Crippen LogP contribution in [0.3, 0.4) is 0 Å². The molecule has 3 rings (SSSR count). The number of rotatable bonds is 3. The molecule has 0 aliphatic carbocycles. The number of benzene rings is 1. The molecule has 1 aliphatic heterocycles. The highest BCUT2D eigenvalue weighted by molar-refractivity contribution is 6.04. The van der Waals surface area contributed by atoms with E-state index in [1.807, 2.05) is 42.2 Å². The van der Waals surface area contributed by atoms with Gasteiger partial charge in [0.05, 0.1) is 11.9 Å². The maximum absolute atomic E-state index is 12.3. The molecule has 1 aliphatic rings. The summed E-state index contributed by atoms with van der Waals surface area (Å²) in [4.78, 5) is 32.1. The van der Waals surface area contributed by atoms with Crippen molar-refractivity contribution in [1.82, 2.24) is 9.88 Å². The predicted octanol–water partition coefficient (Wildman–Crippen LogP) is 2.31. The van der Waals surface area contributed by atoms with Crippen LogP contribution in [0.15, 0.2) is 42.6 Å². The number of pyridine rings is 1. The van der Waals surface area contributed by atoms with Crippen molar-refractivity contribution in [1.29, 1.82) is 0 Å². The number of nitrogens with zero attached hydrogens (tertiary/aromatic N) is 3. The molecular weight excluding hydrogens is 316 g/mol. The van der Waals surface area contributed by atoms with Crippen LogP contribution in [-0.2, 0) is 4.79 Å². The van der Waals surface area contributed by atoms with Crippen molar-refractivity contribution >= 4 is 23.3 Å². The highest BCUT2D eigenvalue weighted by Gasteiger charge is 2.19. The Morgan fingerprint density at radius 2 is 1.84 bits per heavy atom. The minimum Gasteiger partial charge on any atom is -0.353 e. The second-order valence-electron chi connectivity index (χ2n) is 6.22. The lowest BCUT2D eigenvalue weighted by atomic mass is 10.1. The number of piperazine rings is 1. The summed E-state index contributed by atoms with van der Waals surface area (Å²) >= 11 is 0. The first-order chi connectivity index (χ1) is 12.0. The Hall–Kier alpha value is -2.89. The molecule has 0 spiro atoms. The summed E-state index contributed by atoms with van der Waals surface area (Å²) in [6.45, 7) is 6.51. The van der Waals surface area contributed by atoms with E-state index in [0.29, 0.717) is 24.3 Å². The van der Waals surface area contributed by atoms with Gasteiger partial charge in [0.2, 0.25) is 5.91 Å². The van der Waals surface area contributed by atoms with E-state index in [9.17, 15) is 9.59 Å². The first-order valence-electron chi connectivity index (χ1n) is 8.37. The molecule has 1 aromatic carbocycles. The monoisotopic (exact) mass is 338 g/mol. The van der Waals surface area contributed by atoms with Crippen LogP contribution in [-0.4, -0.2) is 47.9 Å². The Morgan fingerprint density at radius 3 is 2.44 bits per heavy atom. The molecule has 0 radical (unpaired) electrons. The molecule has 0 unspecified atom stereocenters. The molecule has 130 valence electrons. The summed E-state index contributed by atoms with van der Waals surface area (Å²) in [5.74, 6) is 0.826. The highest BCUT2D eigenvalue weighted by atomic mass is 16.2. The first kappa shape index (κ1) is 17.0. The summed E-state index contributed by atoms with van der Waals surface area (Å²) in [5, 5.41) is 2.86. The zero-order chi connectivity index (χ0) is 17.8. The van der Waals surface area contributed by atoms with Gasteiger partial charge in [-0.2, -0.15) is 0 Å². The SMILES string of the molecule is CC(=O)N1CCN(c2ccc(NC(=O)c3cccc(C)c3)cn2)CC1. The zero-order valence-electron chi connectivity index (χ0n) is 14.5. The molecule has 25 heavy (non-hydrogen) atoms. The van der Waals surface area contributed by atoms with Crippen LogP contribution in [0, 0.1) is 6.92 Å². The number of carbonyl (C=O) groups is 2. The molecule has 0 saturated carbocycles. The molecule has 1 N–H and O–H groups in total. The number of amides is 2. The van der Waals surface area contributed by atoms with Gasteiger partial charge in [-0.1, -0.05) is 17.7 Å². The number of anilines is 2. The summed E-state index contributed by atoms with van der Waals surface area (Å²) < 4.78 is 0. The number of hydrogen-bond donors (Lipinski definition) is 1. The van der Waals surface area contributed by atoms with E-state index in [2.05, 4.69) is 15.2 Å². The lowest BCUT2D eigenvalue weighted by Crippen LogP contribution is -2.48. The van der Waals surface area contributed by atoms with Gasteiger partial charge in [0.25, 0.3) is 5.91 Å². The average Bonchev–Trinajstić information content (AvgIpc) is 2.62. The summed E-state index contributed by atoms with van der Waals surface area (Å²) in [6, 6.07) is 11.2. The van der Waals surface area contributed by atoms with Crippen molar-refractivity contribution in [3.8, 4) is 0 Å². The van der Waals surface area contributed by atoms with Gasteiger partial charge >= 0.3 is 0 Å². The quantitative estimate of drug-likeness (QED) is 0.933. The van der Waals surface area contributed by atoms with Crippen LogP contribution >= 0.6 is 0 Å². The minimum atomic E-state index is -0.145. The molecule has 1 saturated heterocycles. The number of nitrogens with one attached hydrogen (secondary N) is 1. The molecular formula is C19H22N4O2. The average molecular weight is 338 g/mol. The van der Waals surface area contributed by atoms with Gasteiger partial charge in [0.15, 0.2) is 0 Å². The molecule has 6 heteroatoms. The normalized spacial score (nSPS) is 14.3. The molecule has 6 nitrogen and oxygen atoms in total. The van der Waals surface area contributed by atoms with Crippen molar-refractivity contribution < 1.29 is 9.59 Å². The molecule has 0 atom stereocenters. The maximum Gasteiger partial charge on any atom is 0.255 e. The molecule has 1 fully saturated rings. The van der Waals surface area contributed by atoms with E-state index in [1.165, 1.54) is 0 Å². The number of aryl methyl sites for hydroxylation is 1. The number of hydrogen-bond acceptors (Lipinski definition) is 4. The van der Waals surface area contributed by atoms with Gasteiger partial charge < -0.3 is 15.1 Å². The van der Waals surface area contributed by atoms with E-state index >= 15 is 0 Å². The third-order valence-electron chi connectivity index (χ3n) is 4.33. The Bertz CT molecular complexity index is 765. The standard InChI is InChI=1S/C19H22N4O2/c1-14-4-3-5-16(12-14)19(25)21-17-6-7-18(20-13-17)23-10-8-22(9-11-23)15(2)24/h3-7,12-13H,8-11H2,1-2H3,(H,21,25). The Labute approximate surface area is 147 Å². The lowest BCUT2D eigenvalue weighted by molar-refractivity contribution is -0.129. The second kappa shape index (κ2) is 7.34. The largest absolute Gasteiger partial charge is 0.353 e. The fourth-order valence-corrected chi connectivity index (χ4v) is 2.89. The third kappa shape index (κ3) is 4.15. The van der Waals surface area contributed by atoms with Gasteiger partial charge in [-0.05, 0) is 31.2 Å². The Balaban J connectivity index is 1.61. The Morgan fingerprint density at radius 1 is 1.08 bits per heavy atom. The van der Waals surface area contributed by atoms with Crippen molar-refractivity contribution in [3.05, 3.63) is 53.7 Å². The fraction of sp³-hybridized carbons (Fsp3) is 0.316. The first-order valence-corrected chi connectivity index (χ1v) is 8.37. The summed E-state index contributed by atoms with van der Waals surface area (Å²) in [6.07, 6.45) is 1.67. The van der Waals surface area contributed by atoms with Crippen molar-refractivity contribution in [2.45, 2.75) is 13.8 Å². The minimum absolute atomic E-state index is 0.113. The summed E-state index contributed by atoms with van der Waals surface area (Å²) in [5.41, 5.74) is 2.34. The second-order valence-corrected chi connectivity index (χ2v) is 6.22. The van der Waals surface area contributed by atoms with Gasteiger partial charge in [0, 0.05) is 38.7 Å². The van der Waals surface area contributed by atoms with Crippen molar-refractivity contribution in [3.63, 3.8) is 0 Å². The maximum atomic E-state index is 12.3. The predicted molar refractivity (Wildman–Crippen MR) is 97.8 cm³/mol. The van der Waals surface area contributed by atoms with E-state index in [-0.39, 0.29) is 11.8 Å². The van der Waals surface area contributed by atoms with Crippen LogP contribution < -0.4 is 10.2 Å². The van der Waals surface area contributed by atoms with Gasteiger partial charge in [0.1, 0.15) is 5.82 Å². The van der Waals surface area contributed by atoms with Gasteiger partial charge in [-0.15, -0.1) is 0 Å². The smallest absolute Gasteiger partial charge is 0.255 e. The number of aromatic nitrogens is 1. The van der Waals surface area contributed by atoms with Crippen LogP contribution in [0.25, 0.3) is 0 Å². The van der Waals surface area contributed by atoms with Gasteiger partial charge in [-0.3, -0.25) is 9.59 Å². The van der Waals surface area contributed by atoms with Crippen LogP contribution in [0.1, 0.15) is 22.8 Å².